The lowest BCUT2D eigenvalue weighted by Crippen LogP contribution is -2.39. The fourth-order valence-corrected chi connectivity index (χ4v) is 7.84. The number of nitrogens with one attached hydrogen (secondary N) is 1. The Morgan fingerprint density at radius 1 is 1.24 bits per heavy atom. The number of allylic oxidation sites excluding steroid dienone is 2. The topological polar surface area (TPSA) is 53.9 Å². The van der Waals surface area contributed by atoms with Crippen LogP contribution in [0.2, 0.25) is 5.02 Å². The highest BCUT2D eigenvalue weighted by molar-refractivity contribution is 9.12. The lowest BCUT2D eigenvalue weighted by atomic mass is 9.74. The lowest BCUT2D eigenvalue weighted by molar-refractivity contribution is -0.131. The molecule has 8 heteroatoms. The van der Waals surface area contributed by atoms with Crippen LogP contribution >= 0.6 is 43.5 Å². The molecule has 1 fully saturated rings. The van der Waals surface area contributed by atoms with E-state index in [2.05, 4.69) is 67.6 Å². The van der Waals surface area contributed by atoms with Crippen molar-refractivity contribution in [2.75, 3.05) is 20.7 Å². The molecule has 1 N–H and O–H groups in total. The summed E-state index contributed by atoms with van der Waals surface area (Å²) in [4.78, 5) is 20.0. The van der Waals surface area contributed by atoms with Gasteiger partial charge in [0.15, 0.2) is 0 Å². The molecule has 0 bridgehead atoms. The van der Waals surface area contributed by atoms with Gasteiger partial charge >= 0.3 is 0 Å². The van der Waals surface area contributed by atoms with Crippen molar-refractivity contribution in [2.24, 2.45) is 17.0 Å². The van der Waals surface area contributed by atoms with E-state index in [1.54, 1.807) is 7.11 Å². The molecule has 2 aliphatic carbocycles. The number of hydrogen-bond donors (Lipinski definition) is 1. The first-order valence-corrected chi connectivity index (χ1v) is 15.4. The molecule has 4 rings (SSSR count). The minimum Gasteiger partial charge on any atom is -0.399 e. The monoisotopic (exact) mass is 653 g/mol. The van der Waals surface area contributed by atoms with E-state index in [1.165, 1.54) is 16.7 Å². The van der Waals surface area contributed by atoms with Crippen LogP contribution < -0.4 is 5.32 Å². The van der Waals surface area contributed by atoms with Crippen molar-refractivity contribution in [2.45, 2.75) is 76.7 Å². The van der Waals surface area contributed by atoms with Crippen LogP contribution in [0.1, 0.15) is 75.3 Å². The van der Waals surface area contributed by atoms with Gasteiger partial charge in [-0.3, -0.25) is 4.79 Å². The van der Waals surface area contributed by atoms with Crippen molar-refractivity contribution in [3.05, 3.63) is 55.1 Å². The zero-order chi connectivity index (χ0) is 26.5. The molecule has 1 amide bonds. The maximum absolute atomic E-state index is 13.1. The van der Waals surface area contributed by atoms with Crippen LogP contribution in [0.3, 0.4) is 0 Å². The molecule has 1 heterocycles. The first kappa shape index (κ1) is 28.7. The summed E-state index contributed by atoms with van der Waals surface area (Å²) in [5.41, 5.74) is 5.24. The fraction of sp³-hybridized carbons (Fsp3) is 0.586. The van der Waals surface area contributed by atoms with E-state index in [0.29, 0.717) is 18.3 Å². The van der Waals surface area contributed by atoms with Gasteiger partial charge in [-0.25, -0.2) is 0 Å². The summed E-state index contributed by atoms with van der Waals surface area (Å²) in [6, 6.07) is 4.41. The van der Waals surface area contributed by atoms with E-state index in [1.807, 2.05) is 18.0 Å². The number of fused-ring (bicyclic) bond motifs is 2. The Morgan fingerprint density at radius 2 is 2.00 bits per heavy atom. The van der Waals surface area contributed by atoms with E-state index in [4.69, 9.17) is 16.4 Å². The predicted octanol–water partition coefficient (Wildman–Crippen LogP) is 7.72. The number of benzene rings is 1. The third kappa shape index (κ3) is 7.02. The van der Waals surface area contributed by atoms with Crippen LogP contribution in [0.15, 0.2) is 44.1 Å². The highest BCUT2D eigenvalue weighted by Crippen LogP contribution is 2.46. The molecule has 3 aliphatic rings. The maximum Gasteiger partial charge on any atom is 0.222 e. The number of dihydropyridines is 1. The quantitative estimate of drug-likeness (QED) is 0.292. The number of oxime groups is 1. The SMILES string of the molecule is CCC(CCN(C)C(=O)CC1CCC(=NOC)CC1)[C@@H]1c2c(Br)cc(Cl)cc2CCC2=CC(Br)=CNC21. The van der Waals surface area contributed by atoms with E-state index in [0.717, 1.165) is 77.6 Å². The van der Waals surface area contributed by atoms with Crippen LogP contribution in [0, 0.1) is 11.8 Å². The molecule has 202 valence electrons. The van der Waals surface area contributed by atoms with Crippen molar-refractivity contribution >= 4 is 55.1 Å². The number of carbonyl (C=O) groups excluding carboxylic acids is 1. The van der Waals surface area contributed by atoms with Gasteiger partial charge in [0.05, 0.1) is 11.8 Å². The second kappa shape index (κ2) is 13.2. The van der Waals surface area contributed by atoms with E-state index in [-0.39, 0.29) is 17.9 Å². The van der Waals surface area contributed by atoms with E-state index < -0.39 is 0 Å². The molecule has 0 radical (unpaired) electrons. The molecule has 2 unspecified atom stereocenters. The van der Waals surface area contributed by atoms with Gasteiger partial charge in [-0.15, -0.1) is 0 Å². The Hall–Kier alpha value is -1.31. The molecule has 1 saturated carbocycles. The van der Waals surface area contributed by atoms with Gasteiger partial charge in [0.1, 0.15) is 7.11 Å². The third-order valence-electron chi connectivity index (χ3n) is 8.34. The predicted molar refractivity (Wildman–Crippen MR) is 159 cm³/mol. The average molecular weight is 656 g/mol. The Morgan fingerprint density at radius 3 is 2.70 bits per heavy atom. The Kier molecular flexibility index (Phi) is 10.2. The van der Waals surface area contributed by atoms with Crippen molar-refractivity contribution in [3.8, 4) is 0 Å². The van der Waals surface area contributed by atoms with Crippen molar-refractivity contribution in [1.29, 1.82) is 0 Å². The van der Waals surface area contributed by atoms with Crippen LogP contribution in [0.4, 0.5) is 0 Å². The summed E-state index contributed by atoms with van der Waals surface area (Å²) in [5, 5.41) is 8.58. The van der Waals surface area contributed by atoms with Crippen LogP contribution in [0.5, 0.6) is 0 Å². The molecule has 0 saturated heterocycles. The molecule has 5 nitrogen and oxygen atoms in total. The molecule has 0 spiro atoms. The molecule has 37 heavy (non-hydrogen) atoms. The summed E-state index contributed by atoms with van der Waals surface area (Å²) in [7, 11) is 3.57. The summed E-state index contributed by atoms with van der Waals surface area (Å²) in [5.74, 6) is 1.40. The van der Waals surface area contributed by atoms with Gasteiger partial charge in [0.25, 0.3) is 0 Å². The molecule has 1 aromatic carbocycles. The zero-order valence-electron chi connectivity index (χ0n) is 22.0. The number of nitrogens with zero attached hydrogens (tertiary/aromatic N) is 2. The number of halogens is 3. The first-order valence-electron chi connectivity index (χ1n) is 13.4. The summed E-state index contributed by atoms with van der Waals surface area (Å²) in [6.45, 7) is 3.04. The number of carbonyl (C=O) groups is 1. The van der Waals surface area contributed by atoms with Gasteiger partial charge in [0.2, 0.25) is 5.91 Å². The number of amides is 1. The largest absolute Gasteiger partial charge is 0.399 e. The molecule has 1 aromatic rings. The smallest absolute Gasteiger partial charge is 0.222 e. The summed E-state index contributed by atoms with van der Waals surface area (Å²) in [6.07, 6.45) is 12.9. The maximum atomic E-state index is 13.1. The number of aryl methyl sites for hydroxylation is 1. The first-order chi connectivity index (χ1) is 17.8. The van der Waals surface area contributed by atoms with Gasteiger partial charge in [0, 0.05) is 46.1 Å². The number of rotatable bonds is 8. The van der Waals surface area contributed by atoms with Crippen LogP contribution in [-0.4, -0.2) is 43.3 Å². The van der Waals surface area contributed by atoms with E-state index >= 15 is 0 Å². The zero-order valence-corrected chi connectivity index (χ0v) is 26.0. The Balaban J connectivity index is 1.47. The standard InChI is InChI=1S/C29H38Br2ClN3O2/c1-4-19(11-12-35(2)26(36)13-18-5-9-24(10-6-18)34-37-3)28-27-20(15-23(32)16-25(27)31)7-8-21-14-22(30)17-33-29(21)28/h14-19,28-29,33H,4-13H2,1-3H3/t18?,19?,28-,29?/m1/s1. The van der Waals surface area contributed by atoms with Gasteiger partial charge in [-0.05, 0) is 108 Å². The fourth-order valence-electron chi connectivity index (χ4n) is 6.28. The minimum atomic E-state index is 0.233. The second-order valence-corrected chi connectivity index (χ2v) is 12.8. The number of hydrogen-bond acceptors (Lipinski definition) is 4. The minimum absolute atomic E-state index is 0.233. The molecular weight excluding hydrogens is 618 g/mol. The van der Waals surface area contributed by atoms with Gasteiger partial charge in [-0.2, -0.15) is 0 Å². The lowest BCUT2D eigenvalue weighted by Gasteiger charge is -2.37. The van der Waals surface area contributed by atoms with Crippen LogP contribution in [0.25, 0.3) is 0 Å². The van der Waals surface area contributed by atoms with Crippen molar-refractivity contribution in [3.63, 3.8) is 0 Å². The third-order valence-corrected chi connectivity index (χ3v) is 9.67. The van der Waals surface area contributed by atoms with Gasteiger partial charge in [-0.1, -0.05) is 46.0 Å². The normalized spacial score (nSPS) is 23.9. The highest BCUT2D eigenvalue weighted by atomic mass is 79.9. The van der Waals surface area contributed by atoms with E-state index in [9.17, 15) is 4.79 Å². The Labute approximate surface area is 243 Å². The van der Waals surface area contributed by atoms with Crippen LogP contribution in [-0.2, 0) is 16.1 Å². The molecule has 1 aliphatic heterocycles. The van der Waals surface area contributed by atoms with Crippen molar-refractivity contribution < 1.29 is 9.63 Å². The van der Waals surface area contributed by atoms with Gasteiger partial charge < -0.3 is 15.1 Å². The average Bonchev–Trinajstić information content (AvgIpc) is 3.02. The summed E-state index contributed by atoms with van der Waals surface area (Å²) >= 11 is 14.0. The highest BCUT2D eigenvalue weighted by Gasteiger charge is 2.38. The summed E-state index contributed by atoms with van der Waals surface area (Å²) < 4.78 is 2.18. The van der Waals surface area contributed by atoms with Crippen molar-refractivity contribution in [1.82, 2.24) is 10.2 Å². The molecular formula is C29H38Br2ClN3O2. The molecule has 3 atom stereocenters. The molecule has 0 aromatic heterocycles. The second-order valence-electron chi connectivity index (χ2n) is 10.6. The Bertz CT molecular complexity index is 1080.